The molecule has 3 rings (SSSR count). The molecule has 0 unspecified atom stereocenters. The average molecular weight is 339 g/mol. The van der Waals surface area contributed by atoms with Gasteiger partial charge in [-0.1, -0.05) is 17.7 Å². The van der Waals surface area contributed by atoms with Gasteiger partial charge in [-0.3, -0.25) is 10.1 Å². The molecule has 5 nitrogen and oxygen atoms in total. The summed E-state index contributed by atoms with van der Waals surface area (Å²) in [6.45, 7) is 6.24. The molecule has 1 aromatic heterocycles. The number of hydrogen-bond donors (Lipinski definition) is 1. The number of anilines is 2. The maximum atomic E-state index is 10.7. The lowest BCUT2D eigenvalue weighted by Gasteiger charge is -2.11. The van der Waals surface area contributed by atoms with Gasteiger partial charge in [0.25, 0.3) is 5.69 Å². The molecule has 1 heterocycles. The van der Waals surface area contributed by atoms with Crippen molar-refractivity contribution in [2.45, 2.75) is 20.8 Å². The van der Waals surface area contributed by atoms with Crippen molar-refractivity contribution in [1.82, 2.24) is 4.98 Å². The van der Waals surface area contributed by atoms with Crippen molar-refractivity contribution in [2.24, 2.45) is 0 Å². The monoisotopic (exact) mass is 339 g/mol. The summed E-state index contributed by atoms with van der Waals surface area (Å²) in [6.07, 6.45) is 0. The summed E-state index contributed by atoms with van der Waals surface area (Å²) in [7, 11) is 0. The smallest absolute Gasteiger partial charge is 0.269 e. The van der Waals surface area contributed by atoms with E-state index in [1.807, 2.05) is 5.38 Å². The number of nitro groups is 1. The highest BCUT2D eigenvalue weighted by Gasteiger charge is 2.10. The van der Waals surface area contributed by atoms with Crippen LogP contribution in [0.4, 0.5) is 16.5 Å². The van der Waals surface area contributed by atoms with E-state index in [9.17, 15) is 10.1 Å². The Bertz CT molecular complexity index is 878. The molecule has 0 amide bonds. The summed E-state index contributed by atoms with van der Waals surface area (Å²) in [5.74, 6) is 0. The SMILES string of the molecule is Cc1cc(C)c(Nc2nc(-c3ccc([N+](=O)[O-])cc3)cs2)c(C)c1. The Hall–Kier alpha value is -2.73. The van der Waals surface area contributed by atoms with Gasteiger partial charge in [-0.15, -0.1) is 11.3 Å². The Morgan fingerprint density at radius 1 is 1.08 bits per heavy atom. The topological polar surface area (TPSA) is 68.1 Å². The van der Waals surface area contributed by atoms with E-state index in [-0.39, 0.29) is 5.69 Å². The van der Waals surface area contributed by atoms with Gasteiger partial charge in [-0.2, -0.15) is 0 Å². The van der Waals surface area contributed by atoms with E-state index in [2.05, 4.69) is 43.2 Å². The molecule has 24 heavy (non-hydrogen) atoms. The summed E-state index contributed by atoms with van der Waals surface area (Å²) in [4.78, 5) is 14.9. The summed E-state index contributed by atoms with van der Waals surface area (Å²) in [5, 5.41) is 16.9. The summed E-state index contributed by atoms with van der Waals surface area (Å²) < 4.78 is 0. The van der Waals surface area contributed by atoms with Crippen LogP contribution in [0.5, 0.6) is 0 Å². The molecule has 0 spiro atoms. The van der Waals surface area contributed by atoms with Crippen molar-refractivity contribution in [1.29, 1.82) is 0 Å². The van der Waals surface area contributed by atoms with Gasteiger partial charge in [0.15, 0.2) is 5.13 Å². The highest BCUT2D eigenvalue weighted by molar-refractivity contribution is 7.14. The third-order valence-electron chi connectivity index (χ3n) is 3.79. The number of aromatic nitrogens is 1. The molecule has 0 saturated heterocycles. The molecule has 0 saturated carbocycles. The van der Waals surface area contributed by atoms with Crippen molar-refractivity contribution < 1.29 is 4.92 Å². The standard InChI is InChI=1S/C18H17N3O2S/c1-11-8-12(2)17(13(3)9-11)20-18-19-16(10-24-18)14-4-6-15(7-5-14)21(22)23/h4-10H,1-3H3,(H,19,20). The van der Waals surface area contributed by atoms with Crippen LogP contribution in [0.1, 0.15) is 16.7 Å². The minimum Gasteiger partial charge on any atom is -0.331 e. The van der Waals surface area contributed by atoms with Crippen molar-refractivity contribution in [2.75, 3.05) is 5.32 Å². The van der Waals surface area contributed by atoms with Gasteiger partial charge in [-0.25, -0.2) is 4.98 Å². The molecule has 0 aliphatic carbocycles. The van der Waals surface area contributed by atoms with Crippen LogP contribution < -0.4 is 5.32 Å². The number of benzene rings is 2. The molecule has 0 aliphatic heterocycles. The number of rotatable bonds is 4. The quantitative estimate of drug-likeness (QED) is 0.511. The Kier molecular flexibility index (Phi) is 4.31. The molecule has 2 aromatic carbocycles. The lowest BCUT2D eigenvalue weighted by Crippen LogP contribution is -1.96. The Balaban J connectivity index is 1.85. The van der Waals surface area contributed by atoms with Gasteiger partial charge in [0.2, 0.25) is 0 Å². The van der Waals surface area contributed by atoms with Gasteiger partial charge in [0.05, 0.1) is 10.6 Å². The molecule has 122 valence electrons. The van der Waals surface area contributed by atoms with Crippen LogP contribution in [-0.2, 0) is 0 Å². The summed E-state index contributed by atoms with van der Waals surface area (Å²) >= 11 is 1.52. The lowest BCUT2D eigenvalue weighted by atomic mass is 10.1. The van der Waals surface area contributed by atoms with E-state index in [4.69, 9.17) is 0 Å². The largest absolute Gasteiger partial charge is 0.331 e. The predicted octanol–water partition coefficient (Wildman–Crippen LogP) is 5.39. The minimum absolute atomic E-state index is 0.0817. The van der Waals surface area contributed by atoms with Crippen molar-refractivity contribution in [3.63, 3.8) is 0 Å². The fourth-order valence-electron chi connectivity index (χ4n) is 2.70. The number of nitrogens with one attached hydrogen (secondary N) is 1. The fraction of sp³-hybridized carbons (Fsp3) is 0.167. The first-order valence-electron chi connectivity index (χ1n) is 7.49. The first-order valence-corrected chi connectivity index (χ1v) is 8.37. The van der Waals surface area contributed by atoms with Crippen molar-refractivity contribution >= 4 is 27.8 Å². The highest BCUT2D eigenvalue weighted by atomic mass is 32.1. The number of thiazole rings is 1. The van der Waals surface area contributed by atoms with Gasteiger partial charge >= 0.3 is 0 Å². The first kappa shape index (κ1) is 16.1. The summed E-state index contributed by atoms with van der Waals surface area (Å²) in [5.41, 5.74) is 6.42. The fourth-order valence-corrected chi connectivity index (χ4v) is 3.43. The third-order valence-corrected chi connectivity index (χ3v) is 4.54. The van der Waals surface area contributed by atoms with Crippen LogP contribution in [0, 0.1) is 30.9 Å². The van der Waals surface area contributed by atoms with E-state index >= 15 is 0 Å². The number of hydrogen-bond acceptors (Lipinski definition) is 5. The van der Waals surface area contributed by atoms with E-state index in [1.54, 1.807) is 12.1 Å². The number of non-ortho nitro benzene ring substituents is 1. The lowest BCUT2D eigenvalue weighted by molar-refractivity contribution is -0.384. The molecular formula is C18H17N3O2S. The minimum atomic E-state index is -0.402. The third kappa shape index (κ3) is 3.28. The van der Waals surface area contributed by atoms with Gasteiger partial charge < -0.3 is 5.32 Å². The van der Waals surface area contributed by atoms with Gasteiger partial charge in [-0.05, 0) is 44.0 Å². The molecule has 6 heteroatoms. The van der Waals surface area contributed by atoms with E-state index < -0.39 is 4.92 Å². The van der Waals surface area contributed by atoms with E-state index in [0.717, 1.165) is 22.1 Å². The van der Waals surface area contributed by atoms with Crippen LogP contribution in [0.2, 0.25) is 0 Å². The zero-order valence-corrected chi connectivity index (χ0v) is 14.5. The van der Waals surface area contributed by atoms with Crippen LogP contribution in [0.3, 0.4) is 0 Å². The van der Waals surface area contributed by atoms with Crippen LogP contribution in [-0.4, -0.2) is 9.91 Å². The zero-order valence-electron chi connectivity index (χ0n) is 13.7. The van der Waals surface area contributed by atoms with E-state index in [1.165, 1.54) is 40.2 Å². The van der Waals surface area contributed by atoms with Crippen LogP contribution >= 0.6 is 11.3 Å². The summed E-state index contributed by atoms with van der Waals surface area (Å²) in [6, 6.07) is 10.7. The zero-order chi connectivity index (χ0) is 17.3. The molecule has 0 bridgehead atoms. The second kappa shape index (κ2) is 6.41. The Morgan fingerprint density at radius 3 is 2.29 bits per heavy atom. The van der Waals surface area contributed by atoms with Crippen LogP contribution in [0.25, 0.3) is 11.3 Å². The van der Waals surface area contributed by atoms with Crippen molar-refractivity contribution in [3.05, 3.63) is 68.6 Å². The number of nitro benzene ring substituents is 1. The molecule has 0 fully saturated rings. The normalized spacial score (nSPS) is 10.6. The maximum absolute atomic E-state index is 10.7. The highest BCUT2D eigenvalue weighted by Crippen LogP contribution is 2.31. The predicted molar refractivity (Wildman–Crippen MR) is 98.1 cm³/mol. The van der Waals surface area contributed by atoms with Gasteiger partial charge in [0, 0.05) is 28.8 Å². The molecule has 0 aliphatic rings. The molecule has 1 N–H and O–H groups in total. The van der Waals surface area contributed by atoms with Crippen LogP contribution in [0.15, 0.2) is 41.8 Å². The molecular weight excluding hydrogens is 322 g/mol. The second-order valence-corrected chi connectivity index (χ2v) is 6.60. The molecule has 0 radical (unpaired) electrons. The maximum Gasteiger partial charge on any atom is 0.269 e. The first-order chi connectivity index (χ1) is 11.4. The Morgan fingerprint density at radius 2 is 1.71 bits per heavy atom. The van der Waals surface area contributed by atoms with Gasteiger partial charge in [0.1, 0.15) is 0 Å². The van der Waals surface area contributed by atoms with E-state index in [0.29, 0.717) is 0 Å². The average Bonchev–Trinajstić information content (AvgIpc) is 2.99. The molecule has 0 atom stereocenters. The molecule has 3 aromatic rings. The van der Waals surface area contributed by atoms with Crippen molar-refractivity contribution in [3.8, 4) is 11.3 Å². The Labute approximate surface area is 144 Å². The number of aryl methyl sites for hydroxylation is 3. The number of nitrogens with zero attached hydrogens (tertiary/aromatic N) is 2. The second-order valence-electron chi connectivity index (χ2n) is 5.74.